The van der Waals surface area contributed by atoms with Crippen molar-refractivity contribution in [3.63, 3.8) is 0 Å². The SMILES string of the molecule is Cc1cccc(OCC(O)CNCCOc2ccc(O)c(C(N)=O)c2)c1. The van der Waals surface area contributed by atoms with E-state index in [4.69, 9.17) is 15.2 Å². The molecule has 5 N–H and O–H groups in total. The van der Waals surface area contributed by atoms with E-state index in [0.717, 1.165) is 11.3 Å². The van der Waals surface area contributed by atoms with E-state index >= 15 is 0 Å². The Morgan fingerprint density at radius 2 is 1.96 bits per heavy atom. The van der Waals surface area contributed by atoms with Gasteiger partial charge < -0.3 is 30.7 Å². The van der Waals surface area contributed by atoms with E-state index in [2.05, 4.69) is 5.32 Å². The Balaban J connectivity index is 1.64. The van der Waals surface area contributed by atoms with Crippen molar-refractivity contribution in [2.24, 2.45) is 5.73 Å². The number of hydrogen-bond acceptors (Lipinski definition) is 6. The Morgan fingerprint density at radius 3 is 2.69 bits per heavy atom. The van der Waals surface area contributed by atoms with Crippen molar-refractivity contribution < 1.29 is 24.5 Å². The number of carbonyl (C=O) groups excluding carboxylic acids is 1. The van der Waals surface area contributed by atoms with Crippen LogP contribution in [-0.4, -0.2) is 48.5 Å². The molecule has 0 saturated carbocycles. The number of benzene rings is 2. The molecule has 0 bridgehead atoms. The second kappa shape index (κ2) is 9.65. The maximum Gasteiger partial charge on any atom is 0.252 e. The Kier molecular flexibility index (Phi) is 7.25. The molecule has 0 fully saturated rings. The molecule has 7 nitrogen and oxygen atoms in total. The Labute approximate surface area is 152 Å². The Bertz CT molecular complexity index is 736. The molecule has 0 aliphatic rings. The zero-order chi connectivity index (χ0) is 18.9. The standard InChI is InChI=1S/C19H24N2O5/c1-13-3-2-4-15(9-13)26-12-14(22)11-21-7-8-25-16-5-6-18(23)17(10-16)19(20)24/h2-6,9-10,14,21-23H,7-8,11-12H2,1H3,(H2,20,24). The third kappa shape index (κ3) is 6.27. The first-order chi connectivity index (χ1) is 12.5. The van der Waals surface area contributed by atoms with E-state index in [9.17, 15) is 15.0 Å². The summed E-state index contributed by atoms with van der Waals surface area (Å²) in [6, 6.07) is 11.9. The molecule has 0 saturated heterocycles. The van der Waals surface area contributed by atoms with Crippen LogP contribution in [-0.2, 0) is 0 Å². The predicted molar refractivity (Wildman–Crippen MR) is 97.7 cm³/mol. The summed E-state index contributed by atoms with van der Waals surface area (Å²) < 4.78 is 11.0. The van der Waals surface area contributed by atoms with Crippen molar-refractivity contribution in [1.29, 1.82) is 0 Å². The number of aliphatic hydroxyl groups excluding tert-OH is 1. The minimum absolute atomic E-state index is 0.0131. The van der Waals surface area contributed by atoms with Crippen molar-refractivity contribution in [2.75, 3.05) is 26.3 Å². The van der Waals surface area contributed by atoms with Crippen LogP contribution >= 0.6 is 0 Å². The molecule has 0 radical (unpaired) electrons. The fourth-order valence-electron chi connectivity index (χ4n) is 2.27. The Hall–Kier alpha value is -2.77. The van der Waals surface area contributed by atoms with E-state index < -0.39 is 12.0 Å². The zero-order valence-corrected chi connectivity index (χ0v) is 14.6. The van der Waals surface area contributed by atoms with Crippen LogP contribution in [0.4, 0.5) is 0 Å². The number of ether oxygens (including phenoxy) is 2. The van der Waals surface area contributed by atoms with Gasteiger partial charge in [-0.2, -0.15) is 0 Å². The van der Waals surface area contributed by atoms with E-state index in [1.165, 1.54) is 12.1 Å². The lowest BCUT2D eigenvalue weighted by atomic mass is 10.2. The monoisotopic (exact) mass is 360 g/mol. The largest absolute Gasteiger partial charge is 0.507 e. The lowest BCUT2D eigenvalue weighted by molar-refractivity contribution is 0.0996. The van der Waals surface area contributed by atoms with Gasteiger partial charge in [-0.3, -0.25) is 4.79 Å². The highest BCUT2D eigenvalue weighted by molar-refractivity contribution is 5.95. The van der Waals surface area contributed by atoms with Crippen LogP contribution < -0.4 is 20.5 Å². The molecule has 0 heterocycles. The average Bonchev–Trinajstić information content (AvgIpc) is 2.61. The molecule has 2 rings (SSSR count). The Morgan fingerprint density at radius 1 is 1.19 bits per heavy atom. The van der Waals surface area contributed by atoms with Crippen molar-refractivity contribution in [3.05, 3.63) is 53.6 Å². The van der Waals surface area contributed by atoms with Gasteiger partial charge >= 0.3 is 0 Å². The number of nitrogens with one attached hydrogen (secondary N) is 1. The van der Waals surface area contributed by atoms with Crippen LogP contribution in [0.15, 0.2) is 42.5 Å². The number of carbonyl (C=O) groups is 1. The minimum Gasteiger partial charge on any atom is -0.507 e. The number of amides is 1. The first-order valence-corrected chi connectivity index (χ1v) is 8.29. The highest BCUT2D eigenvalue weighted by Crippen LogP contribution is 2.22. The van der Waals surface area contributed by atoms with Gasteiger partial charge in [0.05, 0.1) is 5.56 Å². The van der Waals surface area contributed by atoms with Crippen LogP contribution in [0.3, 0.4) is 0 Å². The molecular weight excluding hydrogens is 336 g/mol. The second-order valence-corrected chi connectivity index (χ2v) is 5.88. The number of aromatic hydroxyl groups is 1. The highest BCUT2D eigenvalue weighted by atomic mass is 16.5. The van der Waals surface area contributed by atoms with E-state index in [-0.39, 0.29) is 17.9 Å². The van der Waals surface area contributed by atoms with Crippen LogP contribution in [0.5, 0.6) is 17.2 Å². The van der Waals surface area contributed by atoms with Gasteiger partial charge in [0.2, 0.25) is 0 Å². The topological polar surface area (TPSA) is 114 Å². The van der Waals surface area contributed by atoms with Gasteiger partial charge in [0.25, 0.3) is 5.91 Å². The van der Waals surface area contributed by atoms with Crippen molar-refractivity contribution in [3.8, 4) is 17.2 Å². The average molecular weight is 360 g/mol. The van der Waals surface area contributed by atoms with Crippen LogP contribution in [0.25, 0.3) is 0 Å². The summed E-state index contributed by atoms with van der Waals surface area (Å²) >= 11 is 0. The summed E-state index contributed by atoms with van der Waals surface area (Å²) in [6.45, 7) is 3.35. The molecule has 1 atom stereocenters. The summed E-state index contributed by atoms with van der Waals surface area (Å²) in [4.78, 5) is 11.2. The summed E-state index contributed by atoms with van der Waals surface area (Å²) in [7, 11) is 0. The molecule has 1 unspecified atom stereocenters. The van der Waals surface area contributed by atoms with Gasteiger partial charge in [0.15, 0.2) is 0 Å². The van der Waals surface area contributed by atoms with E-state index in [1.807, 2.05) is 31.2 Å². The van der Waals surface area contributed by atoms with Crippen LogP contribution in [0, 0.1) is 6.92 Å². The maximum atomic E-state index is 11.2. The summed E-state index contributed by atoms with van der Waals surface area (Å²) in [5.74, 6) is 0.259. The van der Waals surface area contributed by atoms with Gasteiger partial charge in [0.1, 0.15) is 36.6 Å². The molecule has 26 heavy (non-hydrogen) atoms. The number of aliphatic hydroxyl groups is 1. The molecule has 7 heteroatoms. The van der Waals surface area contributed by atoms with Gasteiger partial charge in [-0.15, -0.1) is 0 Å². The number of hydrogen-bond donors (Lipinski definition) is 4. The number of phenols is 1. The van der Waals surface area contributed by atoms with E-state index in [1.54, 1.807) is 6.07 Å². The fourth-order valence-corrected chi connectivity index (χ4v) is 2.27. The van der Waals surface area contributed by atoms with Crippen LogP contribution in [0.2, 0.25) is 0 Å². The predicted octanol–water partition coefficient (Wildman–Crippen LogP) is 1.21. The van der Waals surface area contributed by atoms with Crippen molar-refractivity contribution >= 4 is 5.91 Å². The van der Waals surface area contributed by atoms with Crippen molar-refractivity contribution in [2.45, 2.75) is 13.0 Å². The molecule has 0 spiro atoms. The van der Waals surface area contributed by atoms with Gasteiger partial charge in [-0.1, -0.05) is 12.1 Å². The molecular formula is C19H24N2O5. The zero-order valence-electron chi connectivity index (χ0n) is 14.6. The summed E-state index contributed by atoms with van der Waals surface area (Å²) in [5.41, 5.74) is 6.28. The smallest absolute Gasteiger partial charge is 0.252 e. The second-order valence-electron chi connectivity index (χ2n) is 5.88. The summed E-state index contributed by atoms with van der Waals surface area (Å²) in [5, 5.41) is 22.5. The van der Waals surface area contributed by atoms with E-state index in [0.29, 0.717) is 25.4 Å². The molecule has 0 aromatic heterocycles. The molecule has 2 aromatic carbocycles. The first-order valence-electron chi connectivity index (χ1n) is 8.29. The quantitative estimate of drug-likeness (QED) is 0.474. The number of rotatable bonds is 10. The molecule has 0 aliphatic heterocycles. The van der Waals surface area contributed by atoms with Crippen LogP contribution in [0.1, 0.15) is 15.9 Å². The molecule has 140 valence electrons. The molecule has 2 aromatic rings. The number of nitrogens with two attached hydrogens (primary N) is 1. The highest BCUT2D eigenvalue weighted by Gasteiger charge is 2.09. The van der Waals surface area contributed by atoms with Gasteiger partial charge in [-0.05, 0) is 42.8 Å². The molecule has 1 amide bonds. The summed E-state index contributed by atoms with van der Waals surface area (Å²) in [6.07, 6.45) is -0.648. The first kappa shape index (κ1) is 19.6. The molecule has 0 aliphatic carbocycles. The number of primary amides is 1. The minimum atomic E-state index is -0.720. The number of aryl methyl sites for hydroxylation is 1. The van der Waals surface area contributed by atoms with Gasteiger partial charge in [-0.25, -0.2) is 0 Å². The maximum absolute atomic E-state index is 11.2. The normalized spacial score (nSPS) is 11.8. The fraction of sp³-hybridized carbons (Fsp3) is 0.316. The van der Waals surface area contributed by atoms with Crippen molar-refractivity contribution in [1.82, 2.24) is 5.32 Å². The lowest BCUT2D eigenvalue weighted by Gasteiger charge is -2.14. The van der Waals surface area contributed by atoms with Gasteiger partial charge in [0, 0.05) is 13.1 Å². The third-order valence-electron chi connectivity index (χ3n) is 3.59. The lowest BCUT2D eigenvalue weighted by Crippen LogP contribution is -2.33. The third-order valence-corrected chi connectivity index (χ3v) is 3.59.